The first-order chi connectivity index (χ1) is 12.7. The smallest absolute Gasteiger partial charge is 0.239 e. The third-order valence-electron chi connectivity index (χ3n) is 4.15. The first-order valence-corrected chi connectivity index (χ1v) is 9.10. The number of benzene rings is 2. The van der Waals surface area contributed by atoms with Gasteiger partial charge in [-0.05, 0) is 64.4 Å². The van der Waals surface area contributed by atoms with Gasteiger partial charge in [-0.3, -0.25) is 9.59 Å². The second-order valence-electron chi connectivity index (χ2n) is 7.44. The van der Waals surface area contributed by atoms with Gasteiger partial charge in [0, 0.05) is 12.2 Å². The van der Waals surface area contributed by atoms with E-state index in [2.05, 4.69) is 10.6 Å². The van der Waals surface area contributed by atoms with E-state index in [1.165, 1.54) is 0 Å². The Kier molecular flexibility index (Phi) is 6.61. The fraction of sp³-hybridized carbons (Fsp3) is 0.364. The van der Waals surface area contributed by atoms with Crippen LogP contribution in [0, 0.1) is 12.3 Å². The van der Waals surface area contributed by atoms with Gasteiger partial charge in [0.05, 0.1) is 6.10 Å². The number of carbonyl (C=O) groups excluding carboxylic acids is 2. The maximum absolute atomic E-state index is 12.6. The Balaban J connectivity index is 1.95. The van der Waals surface area contributed by atoms with Gasteiger partial charge in [-0.2, -0.15) is 0 Å². The number of aryl methyl sites for hydroxylation is 1. The maximum atomic E-state index is 12.6. The first-order valence-electron chi connectivity index (χ1n) is 9.10. The molecule has 0 unspecified atom stereocenters. The lowest BCUT2D eigenvalue weighted by Crippen LogP contribution is -2.44. The molecule has 0 heterocycles. The summed E-state index contributed by atoms with van der Waals surface area (Å²) in [5.41, 5.74) is 1.55. The minimum Gasteiger partial charge on any atom is -0.491 e. The monoisotopic (exact) mass is 368 g/mol. The molecule has 0 saturated heterocycles. The molecule has 5 nitrogen and oxygen atoms in total. The fourth-order valence-corrected chi connectivity index (χ4v) is 2.50. The molecule has 0 radical (unpaired) electrons. The highest BCUT2D eigenvalue weighted by molar-refractivity contribution is 6.09. The molecule has 2 aromatic carbocycles. The van der Waals surface area contributed by atoms with E-state index in [4.69, 9.17) is 4.74 Å². The van der Waals surface area contributed by atoms with Crippen molar-refractivity contribution in [3.63, 3.8) is 0 Å². The van der Waals surface area contributed by atoms with Crippen LogP contribution < -0.4 is 15.4 Å². The fourth-order valence-electron chi connectivity index (χ4n) is 2.50. The summed E-state index contributed by atoms with van der Waals surface area (Å²) in [5, 5.41) is 5.64. The van der Waals surface area contributed by atoms with Crippen molar-refractivity contribution in [1.29, 1.82) is 0 Å². The molecule has 0 aliphatic heterocycles. The number of nitrogens with one attached hydrogen (secondary N) is 2. The van der Waals surface area contributed by atoms with E-state index >= 15 is 0 Å². The van der Waals surface area contributed by atoms with Crippen molar-refractivity contribution in [1.82, 2.24) is 5.32 Å². The lowest BCUT2D eigenvalue weighted by atomic mass is 9.90. The number of amides is 2. The van der Waals surface area contributed by atoms with Crippen LogP contribution in [0.1, 0.15) is 38.8 Å². The van der Waals surface area contributed by atoms with Gasteiger partial charge >= 0.3 is 0 Å². The molecular weight excluding hydrogens is 340 g/mol. The molecule has 27 heavy (non-hydrogen) atoms. The van der Waals surface area contributed by atoms with Crippen LogP contribution in [0.5, 0.6) is 5.75 Å². The first kappa shape index (κ1) is 20.5. The zero-order valence-electron chi connectivity index (χ0n) is 16.6. The predicted molar refractivity (Wildman–Crippen MR) is 108 cm³/mol. The number of rotatable bonds is 7. The Morgan fingerprint density at radius 1 is 1.04 bits per heavy atom. The van der Waals surface area contributed by atoms with E-state index in [9.17, 15) is 9.59 Å². The lowest BCUT2D eigenvalue weighted by Gasteiger charge is -2.23. The van der Waals surface area contributed by atoms with E-state index in [-0.39, 0.29) is 17.9 Å². The molecule has 5 heteroatoms. The minimum absolute atomic E-state index is 0.0847. The van der Waals surface area contributed by atoms with Gasteiger partial charge in [0.2, 0.25) is 11.8 Å². The van der Waals surface area contributed by atoms with Gasteiger partial charge in [-0.15, -0.1) is 0 Å². The number of anilines is 1. The van der Waals surface area contributed by atoms with Crippen LogP contribution in [0.4, 0.5) is 5.69 Å². The van der Waals surface area contributed by atoms with E-state index < -0.39 is 5.41 Å². The van der Waals surface area contributed by atoms with Crippen molar-refractivity contribution in [2.75, 3.05) is 5.32 Å². The van der Waals surface area contributed by atoms with Gasteiger partial charge in [0.25, 0.3) is 0 Å². The highest BCUT2D eigenvalue weighted by Crippen LogP contribution is 2.22. The molecular formula is C22H28N2O3. The molecule has 0 atom stereocenters. The van der Waals surface area contributed by atoms with Crippen molar-refractivity contribution in [3.8, 4) is 5.75 Å². The lowest BCUT2D eigenvalue weighted by molar-refractivity contribution is -0.138. The summed E-state index contributed by atoms with van der Waals surface area (Å²) < 4.78 is 5.59. The zero-order chi connectivity index (χ0) is 20.0. The number of carbonyl (C=O) groups is 2. The van der Waals surface area contributed by atoms with Crippen LogP contribution in [0.2, 0.25) is 0 Å². The Hall–Kier alpha value is -2.82. The van der Waals surface area contributed by atoms with E-state index in [1.807, 2.05) is 45.0 Å². The van der Waals surface area contributed by atoms with Gasteiger partial charge in [0.1, 0.15) is 11.2 Å². The largest absolute Gasteiger partial charge is 0.491 e. The van der Waals surface area contributed by atoms with E-state index in [0.717, 1.165) is 16.9 Å². The second kappa shape index (κ2) is 8.71. The molecule has 0 saturated carbocycles. The summed E-state index contributed by atoms with van der Waals surface area (Å²) in [6.45, 7) is 9.52. The number of hydrogen-bond acceptors (Lipinski definition) is 3. The maximum Gasteiger partial charge on any atom is 0.239 e. The highest BCUT2D eigenvalue weighted by Gasteiger charge is 2.35. The summed E-state index contributed by atoms with van der Waals surface area (Å²) in [5.74, 6) is 0.0567. The average molecular weight is 368 g/mol. The Labute approximate surface area is 161 Å². The highest BCUT2D eigenvalue weighted by atomic mass is 16.5. The van der Waals surface area contributed by atoms with E-state index in [0.29, 0.717) is 12.2 Å². The van der Waals surface area contributed by atoms with Crippen molar-refractivity contribution in [2.24, 2.45) is 5.41 Å². The quantitative estimate of drug-likeness (QED) is 0.724. The molecule has 2 N–H and O–H groups in total. The van der Waals surface area contributed by atoms with Crippen molar-refractivity contribution in [3.05, 3.63) is 59.7 Å². The summed E-state index contributed by atoms with van der Waals surface area (Å²) in [6.07, 6.45) is 0.0847. The SMILES string of the molecule is Cc1cccc(CNC(=O)C(C)(C)C(=O)Nc2ccc(OC(C)C)cc2)c1. The molecule has 0 aromatic heterocycles. The molecule has 0 bridgehead atoms. The Bertz CT molecular complexity index is 795. The second-order valence-corrected chi connectivity index (χ2v) is 7.44. The zero-order valence-corrected chi connectivity index (χ0v) is 16.6. The topological polar surface area (TPSA) is 67.4 Å². The number of ether oxygens (including phenoxy) is 1. The van der Waals surface area contributed by atoms with Crippen LogP contribution in [0.3, 0.4) is 0 Å². The predicted octanol–water partition coefficient (Wildman–Crippen LogP) is 4.06. The molecule has 2 aromatic rings. The Morgan fingerprint density at radius 3 is 2.30 bits per heavy atom. The van der Waals surface area contributed by atoms with Gasteiger partial charge in [-0.25, -0.2) is 0 Å². The molecule has 2 amide bonds. The van der Waals surface area contributed by atoms with Crippen molar-refractivity contribution in [2.45, 2.75) is 47.3 Å². The normalized spacial score (nSPS) is 11.2. The van der Waals surface area contributed by atoms with Gasteiger partial charge in [-0.1, -0.05) is 29.8 Å². The van der Waals surface area contributed by atoms with Crippen molar-refractivity contribution >= 4 is 17.5 Å². The molecule has 0 aliphatic carbocycles. The number of hydrogen-bond donors (Lipinski definition) is 2. The van der Waals surface area contributed by atoms with Crippen LogP contribution in [-0.4, -0.2) is 17.9 Å². The molecule has 0 aliphatic rings. The van der Waals surface area contributed by atoms with Crippen LogP contribution in [-0.2, 0) is 16.1 Å². The minimum atomic E-state index is -1.20. The molecule has 0 fully saturated rings. The Morgan fingerprint density at radius 2 is 1.70 bits per heavy atom. The summed E-state index contributed by atoms with van der Waals surface area (Å²) in [4.78, 5) is 25.1. The van der Waals surface area contributed by atoms with Crippen molar-refractivity contribution < 1.29 is 14.3 Å². The van der Waals surface area contributed by atoms with Crippen LogP contribution >= 0.6 is 0 Å². The molecule has 0 spiro atoms. The average Bonchev–Trinajstić information content (AvgIpc) is 2.60. The van der Waals surface area contributed by atoms with E-state index in [1.54, 1.807) is 38.1 Å². The standard InChI is InChI=1S/C22H28N2O3/c1-15(2)27-19-11-9-18(10-12-19)24-21(26)22(4,5)20(25)23-14-17-8-6-7-16(3)13-17/h6-13,15H,14H2,1-5H3,(H,23,25)(H,24,26). The molecule has 144 valence electrons. The summed E-state index contributed by atoms with van der Waals surface area (Å²) in [6, 6.07) is 15.0. The van der Waals surface area contributed by atoms with Crippen LogP contribution in [0.25, 0.3) is 0 Å². The third kappa shape index (κ3) is 5.84. The summed E-state index contributed by atoms with van der Waals surface area (Å²) >= 11 is 0. The van der Waals surface area contributed by atoms with Crippen LogP contribution in [0.15, 0.2) is 48.5 Å². The van der Waals surface area contributed by atoms with Gasteiger partial charge < -0.3 is 15.4 Å². The summed E-state index contributed by atoms with van der Waals surface area (Å²) in [7, 11) is 0. The van der Waals surface area contributed by atoms with Gasteiger partial charge in [0.15, 0.2) is 0 Å². The molecule has 2 rings (SSSR count). The third-order valence-corrected chi connectivity index (χ3v) is 4.15.